The first-order valence-corrected chi connectivity index (χ1v) is 8.04. The van der Waals surface area contributed by atoms with Gasteiger partial charge in [0.2, 0.25) is 5.95 Å². The molecule has 3 rings (SSSR count). The Morgan fingerprint density at radius 2 is 2.23 bits per heavy atom. The predicted molar refractivity (Wildman–Crippen MR) is 82.8 cm³/mol. The largest absolute Gasteiger partial charge is 0.444 e. The summed E-state index contributed by atoms with van der Waals surface area (Å²) in [4.78, 5) is 18.5. The predicted octanol–water partition coefficient (Wildman–Crippen LogP) is 2.06. The number of nitrogens with zero attached hydrogens (tertiary/aromatic N) is 4. The van der Waals surface area contributed by atoms with Crippen LogP contribution in [-0.4, -0.2) is 51.0 Å². The molecule has 1 fully saturated rings. The van der Waals surface area contributed by atoms with Crippen molar-refractivity contribution in [3.8, 4) is 0 Å². The van der Waals surface area contributed by atoms with Crippen molar-refractivity contribution in [3.63, 3.8) is 0 Å². The van der Waals surface area contributed by atoms with Crippen molar-refractivity contribution in [3.05, 3.63) is 5.82 Å². The fourth-order valence-corrected chi connectivity index (χ4v) is 3.13. The number of rotatable bonds is 1. The summed E-state index contributed by atoms with van der Waals surface area (Å²) in [5.41, 5.74) is -0.451. The van der Waals surface area contributed by atoms with Crippen LogP contribution in [0.3, 0.4) is 0 Å². The summed E-state index contributed by atoms with van der Waals surface area (Å²) in [6.45, 7) is 9.98. The number of amides is 1. The number of hydrogen-bond acceptors (Lipinski definition) is 5. The van der Waals surface area contributed by atoms with Gasteiger partial charge in [0.15, 0.2) is 5.82 Å². The third kappa shape index (κ3) is 2.89. The molecule has 7 nitrogen and oxygen atoms in total. The first-order valence-electron chi connectivity index (χ1n) is 8.04. The number of likely N-dealkylation sites (tertiary alicyclic amines) is 1. The fourth-order valence-electron chi connectivity index (χ4n) is 3.13. The van der Waals surface area contributed by atoms with Crippen LogP contribution >= 0.6 is 0 Å². The molecule has 1 saturated heterocycles. The van der Waals surface area contributed by atoms with E-state index >= 15 is 0 Å². The number of ether oxygens (including phenoxy) is 1. The fraction of sp³-hybridized carbons (Fsp3) is 0.800. The third-order valence-corrected chi connectivity index (χ3v) is 4.17. The van der Waals surface area contributed by atoms with Gasteiger partial charge < -0.3 is 15.0 Å². The standard InChI is InChI=1S/C15H25N5O2/c1-5-12-17-13-16-8-10-9-19(14(21)22-15(2,3)4)7-6-11(10)20(13)18-12/h10-11H,5-9H2,1-4H3,(H,16,17,18). The van der Waals surface area contributed by atoms with Gasteiger partial charge in [-0.2, -0.15) is 10.1 Å². The van der Waals surface area contributed by atoms with Gasteiger partial charge in [0, 0.05) is 32.0 Å². The summed E-state index contributed by atoms with van der Waals surface area (Å²) in [7, 11) is 0. The number of carbonyl (C=O) groups excluding carboxylic acids is 1. The van der Waals surface area contributed by atoms with Crippen LogP contribution in [0.4, 0.5) is 10.7 Å². The zero-order valence-electron chi connectivity index (χ0n) is 13.8. The quantitative estimate of drug-likeness (QED) is 0.860. The highest BCUT2D eigenvalue weighted by Gasteiger charge is 2.38. The molecule has 7 heteroatoms. The van der Waals surface area contributed by atoms with Crippen LogP contribution in [0.2, 0.25) is 0 Å². The Morgan fingerprint density at radius 3 is 2.91 bits per heavy atom. The van der Waals surface area contributed by atoms with Crippen LogP contribution in [0.25, 0.3) is 0 Å². The van der Waals surface area contributed by atoms with E-state index in [-0.39, 0.29) is 6.09 Å². The maximum atomic E-state index is 12.2. The SMILES string of the molecule is CCc1nc2n(n1)C1CCN(C(=O)OC(C)(C)C)CC1CN2. The highest BCUT2D eigenvalue weighted by Crippen LogP contribution is 2.34. The molecule has 1 N–H and O–H groups in total. The number of aromatic nitrogens is 3. The van der Waals surface area contributed by atoms with E-state index in [0.29, 0.717) is 25.0 Å². The number of carbonyl (C=O) groups is 1. The topological polar surface area (TPSA) is 72.3 Å². The lowest BCUT2D eigenvalue weighted by molar-refractivity contribution is 0.0107. The number of nitrogens with one attached hydrogen (secondary N) is 1. The van der Waals surface area contributed by atoms with E-state index in [4.69, 9.17) is 4.74 Å². The highest BCUT2D eigenvalue weighted by atomic mass is 16.6. The molecule has 0 aliphatic carbocycles. The van der Waals surface area contributed by atoms with Gasteiger partial charge in [0.05, 0.1) is 6.04 Å². The van der Waals surface area contributed by atoms with Gasteiger partial charge >= 0.3 is 6.09 Å². The molecule has 1 amide bonds. The highest BCUT2D eigenvalue weighted by molar-refractivity contribution is 5.68. The van der Waals surface area contributed by atoms with Crippen molar-refractivity contribution < 1.29 is 9.53 Å². The first kappa shape index (κ1) is 15.1. The molecule has 0 spiro atoms. The molecule has 0 radical (unpaired) electrons. The Kier molecular flexibility index (Phi) is 3.74. The Morgan fingerprint density at radius 1 is 1.45 bits per heavy atom. The smallest absolute Gasteiger partial charge is 0.410 e. The van der Waals surface area contributed by atoms with Gasteiger partial charge in [-0.25, -0.2) is 9.48 Å². The average Bonchev–Trinajstić information content (AvgIpc) is 2.88. The van der Waals surface area contributed by atoms with E-state index in [0.717, 1.165) is 31.2 Å². The minimum atomic E-state index is -0.451. The Balaban J connectivity index is 1.70. The summed E-state index contributed by atoms with van der Waals surface area (Å²) in [5, 5.41) is 7.93. The van der Waals surface area contributed by atoms with Gasteiger partial charge in [-0.1, -0.05) is 6.92 Å². The summed E-state index contributed by atoms with van der Waals surface area (Å²) < 4.78 is 7.49. The van der Waals surface area contributed by atoms with Gasteiger partial charge in [-0.15, -0.1) is 0 Å². The normalized spacial score (nSPS) is 24.3. The van der Waals surface area contributed by atoms with Crippen LogP contribution in [0.5, 0.6) is 0 Å². The van der Waals surface area contributed by atoms with Gasteiger partial charge in [-0.05, 0) is 27.2 Å². The molecule has 0 saturated carbocycles. The molecule has 1 aromatic rings. The zero-order chi connectivity index (χ0) is 15.9. The summed E-state index contributed by atoms with van der Waals surface area (Å²) in [6.07, 6.45) is 1.51. The molecule has 22 heavy (non-hydrogen) atoms. The summed E-state index contributed by atoms with van der Waals surface area (Å²) in [5.74, 6) is 2.08. The minimum Gasteiger partial charge on any atom is -0.444 e. The molecular weight excluding hydrogens is 282 g/mol. The lowest BCUT2D eigenvalue weighted by atomic mass is 9.91. The molecule has 2 atom stereocenters. The minimum absolute atomic E-state index is 0.218. The summed E-state index contributed by atoms with van der Waals surface area (Å²) in [6, 6.07) is 0.322. The number of anilines is 1. The first-order chi connectivity index (χ1) is 10.4. The van der Waals surface area contributed by atoms with Crippen molar-refractivity contribution >= 4 is 12.0 Å². The summed E-state index contributed by atoms with van der Waals surface area (Å²) >= 11 is 0. The van der Waals surface area contributed by atoms with Crippen molar-refractivity contribution in [1.29, 1.82) is 0 Å². The molecule has 1 aromatic heterocycles. The molecule has 122 valence electrons. The lowest BCUT2D eigenvalue weighted by Crippen LogP contribution is -2.50. The van der Waals surface area contributed by atoms with E-state index in [1.165, 1.54) is 0 Å². The van der Waals surface area contributed by atoms with Gasteiger partial charge in [-0.3, -0.25) is 0 Å². The number of fused-ring (bicyclic) bond motifs is 3. The lowest BCUT2D eigenvalue weighted by Gasteiger charge is -2.41. The van der Waals surface area contributed by atoms with Crippen molar-refractivity contribution in [1.82, 2.24) is 19.7 Å². The van der Waals surface area contributed by atoms with Crippen LogP contribution < -0.4 is 5.32 Å². The molecule has 0 aromatic carbocycles. The van der Waals surface area contributed by atoms with E-state index in [1.54, 1.807) is 0 Å². The molecular formula is C15H25N5O2. The average molecular weight is 307 g/mol. The van der Waals surface area contributed by atoms with Crippen molar-refractivity contribution in [2.45, 2.75) is 52.2 Å². The molecule has 2 aliphatic rings. The number of hydrogen-bond donors (Lipinski definition) is 1. The van der Waals surface area contributed by atoms with Crippen molar-refractivity contribution in [2.75, 3.05) is 25.0 Å². The molecule has 0 bridgehead atoms. The molecule has 2 unspecified atom stereocenters. The Bertz CT molecular complexity index is 563. The second-order valence-electron chi connectivity index (χ2n) is 7.07. The number of aryl methyl sites for hydroxylation is 1. The molecule has 2 aliphatic heterocycles. The Labute approximate surface area is 131 Å². The van der Waals surface area contributed by atoms with Crippen LogP contribution in [0.15, 0.2) is 0 Å². The van der Waals surface area contributed by atoms with E-state index in [2.05, 4.69) is 22.3 Å². The van der Waals surface area contributed by atoms with Crippen molar-refractivity contribution in [2.24, 2.45) is 5.92 Å². The third-order valence-electron chi connectivity index (χ3n) is 4.17. The second kappa shape index (κ2) is 5.44. The van der Waals surface area contributed by atoms with E-state index < -0.39 is 5.60 Å². The van der Waals surface area contributed by atoms with E-state index in [1.807, 2.05) is 30.4 Å². The van der Waals surface area contributed by atoms with Crippen LogP contribution in [-0.2, 0) is 11.2 Å². The molecule has 3 heterocycles. The number of piperidine rings is 1. The maximum Gasteiger partial charge on any atom is 0.410 e. The second-order valence-corrected chi connectivity index (χ2v) is 7.07. The zero-order valence-corrected chi connectivity index (χ0v) is 13.8. The maximum absolute atomic E-state index is 12.2. The van der Waals surface area contributed by atoms with E-state index in [9.17, 15) is 4.79 Å². The monoisotopic (exact) mass is 307 g/mol. The Hall–Kier alpha value is -1.79. The van der Waals surface area contributed by atoms with Crippen LogP contribution in [0, 0.1) is 5.92 Å². The van der Waals surface area contributed by atoms with Crippen LogP contribution in [0.1, 0.15) is 46.0 Å². The van der Waals surface area contributed by atoms with Gasteiger partial charge in [0.25, 0.3) is 0 Å². The van der Waals surface area contributed by atoms with Gasteiger partial charge in [0.1, 0.15) is 5.60 Å².